The van der Waals surface area contributed by atoms with Crippen molar-refractivity contribution in [3.63, 3.8) is 0 Å². The first-order valence-corrected chi connectivity index (χ1v) is 6.76. The summed E-state index contributed by atoms with van der Waals surface area (Å²) in [6, 6.07) is 7.80. The highest BCUT2D eigenvalue weighted by atomic mass is 16.5. The summed E-state index contributed by atoms with van der Waals surface area (Å²) in [5, 5.41) is 0. The van der Waals surface area contributed by atoms with Gasteiger partial charge < -0.3 is 20.1 Å². The van der Waals surface area contributed by atoms with E-state index in [9.17, 15) is 0 Å². The molecule has 0 fully saturated rings. The Morgan fingerprint density at radius 3 is 2.48 bits per heavy atom. The SMILES string of the molecule is COc1ccc(N(CCCN)c2cncc(OC)n2)cc1. The third-order valence-corrected chi connectivity index (χ3v) is 3.06. The van der Waals surface area contributed by atoms with Crippen LogP contribution in [0.25, 0.3) is 0 Å². The van der Waals surface area contributed by atoms with Crippen LogP contribution in [-0.2, 0) is 0 Å². The first-order valence-electron chi connectivity index (χ1n) is 6.76. The van der Waals surface area contributed by atoms with Gasteiger partial charge in [0.1, 0.15) is 5.75 Å². The standard InChI is InChI=1S/C15H20N4O2/c1-20-13-6-4-12(5-7-13)19(9-3-8-16)14-10-17-11-15(18-14)21-2/h4-7,10-11H,3,8-9,16H2,1-2H3. The molecule has 1 heterocycles. The lowest BCUT2D eigenvalue weighted by molar-refractivity contribution is 0.396. The second-order valence-corrected chi connectivity index (χ2v) is 4.41. The molecule has 2 N–H and O–H groups in total. The average molecular weight is 288 g/mol. The van der Waals surface area contributed by atoms with Crippen molar-refractivity contribution in [2.75, 3.05) is 32.2 Å². The Hall–Kier alpha value is -2.34. The normalized spacial score (nSPS) is 10.2. The van der Waals surface area contributed by atoms with Crippen molar-refractivity contribution in [2.45, 2.75) is 6.42 Å². The maximum absolute atomic E-state index is 5.63. The number of nitrogens with zero attached hydrogens (tertiary/aromatic N) is 3. The van der Waals surface area contributed by atoms with E-state index >= 15 is 0 Å². The molecule has 0 atom stereocenters. The summed E-state index contributed by atoms with van der Waals surface area (Å²) in [7, 11) is 3.22. The topological polar surface area (TPSA) is 73.5 Å². The molecule has 0 radical (unpaired) electrons. The highest BCUT2D eigenvalue weighted by Gasteiger charge is 2.12. The summed E-state index contributed by atoms with van der Waals surface area (Å²) in [5.41, 5.74) is 6.63. The highest BCUT2D eigenvalue weighted by Crippen LogP contribution is 2.26. The van der Waals surface area contributed by atoms with Gasteiger partial charge in [-0.1, -0.05) is 0 Å². The van der Waals surface area contributed by atoms with Crippen molar-refractivity contribution < 1.29 is 9.47 Å². The maximum atomic E-state index is 5.63. The number of ether oxygens (including phenoxy) is 2. The monoisotopic (exact) mass is 288 g/mol. The maximum Gasteiger partial charge on any atom is 0.234 e. The zero-order valence-electron chi connectivity index (χ0n) is 12.3. The van der Waals surface area contributed by atoms with Gasteiger partial charge in [0, 0.05) is 12.2 Å². The van der Waals surface area contributed by atoms with Gasteiger partial charge in [0.25, 0.3) is 0 Å². The molecule has 2 aromatic rings. The molecule has 0 spiro atoms. The number of hydrogen-bond acceptors (Lipinski definition) is 6. The molecule has 0 aliphatic heterocycles. The molecule has 6 nitrogen and oxygen atoms in total. The second kappa shape index (κ2) is 7.44. The number of rotatable bonds is 7. The molecular formula is C15H20N4O2. The molecule has 1 aromatic carbocycles. The van der Waals surface area contributed by atoms with Gasteiger partial charge in [0.2, 0.25) is 5.88 Å². The van der Waals surface area contributed by atoms with Gasteiger partial charge in [-0.05, 0) is 37.2 Å². The third kappa shape index (κ3) is 3.82. The van der Waals surface area contributed by atoms with Gasteiger partial charge >= 0.3 is 0 Å². The largest absolute Gasteiger partial charge is 0.497 e. The highest BCUT2D eigenvalue weighted by molar-refractivity contribution is 5.60. The summed E-state index contributed by atoms with van der Waals surface area (Å²) in [6.07, 6.45) is 4.15. The van der Waals surface area contributed by atoms with Crippen molar-refractivity contribution in [1.82, 2.24) is 9.97 Å². The number of nitrogens with two attached hydrogens (primary N) is 1. The van der Waals surface area contributed by atoms with Crippen LogP contribution in [-0.4, -0.2) is 37.3 Å². The minimum Gasteiger partial charge on any atom is -0.497 e. The van der Waals surface area contributed by atoms with Crippen LogP contribution in [0.15, 0.2) is 36.7 Å². The van der Waals surface area contributed by atoms with E-state index in [1.165, 1.54) is 0 Å². The van der Waals surface area contributed by atoms with E-state index in [4.69, 9.17) is 15.2 Å². The molecular weight excluding hydrogens is 268 g/mol. The van der Waals surface area contributed by atoms with Gasteiger partial charge in [-0.2, -0.15) is 4.98 Å². The summed E-state index contributed by atoms with van der Waals surface area (Å²) in [5.74, 6) is 2.03. The molecule has 1 aromatic heterocycles. The molecule has 0 saturated carbocycles. The smallest absolute Gasteiger partial charge is 0.234 e. The lowest BCUT2D eigenvalue weighted by atomic mass is 10.2. The third-order valence-electron chi connectivity index (χ3n) is 3.06. The van der Waals surface area contributed by atoms with Crippen molar-refractivity contribution in [3.8, 4) is 11.6 Å². The number of aromatic nitrogens is 2. The minimum atomic E-state index is 0.485. The average Bonchev–Trinajstić information content (AvgIpc) is 2.56. The molecule has 112 valence electrons. The van der Waals surface area contributed by atoms with E-state index < -0.39 is 0 Å². The van der Waals surface area contributed by atoms with Crippen molar-refractivity contribution in [2.24, 2.45) is 5.73 Å². The predicted molar refractivity (Wildman–Crippen MR) is 82.3 cm³/mol. The van der Waals surface area contributed by atoms with Crippen LogP contribution in [0.3, 0.4) is 0 Å². The number of anilines is 2. The van der Waals surface area contributed by atoms with Crippen molar-refractivity contribution in [3.05, 3.63) is 36.7 Å². The molecule has 0 amide bonds. The van der Waals surface area contributed by atoms with Gasteiger partial charge in [0.05, 0.1) is 26.6 Å². The van der Waals surface area contributed by atoms with E-state index in [2.05, 4.69) is 14.9 Å². The van der Waals surface area contributed by atoms with Gasteiger partial charge in [0.15, 0.2) is 5.82 Å². The fourth-order valence-electron chi connectivity index (χ4n) is 1.95. The molecule has 0 bridgehead atoms. The molecule has 0 unspecified atom stereocenters. The summed E-state index contributed by atoms with van der Waals surface area (Å²) < 4.78 is 10.3. The summed E-state index contributed by atoms with van der Waals surface area (Å²) in [4.78, 5) is 10.6. The Morgan fingerprint density at radius 2 is 1.86 bits per heavy atom. The van der Waals surface area contributed by atoms with Crippen LogP contribution in [0, 0.1) is 0 Å². The zero-order valence-corrected chi connectivity index (χ0v) is 12.3. The van der Waals surface area contributed by atoms with E-state index in [1.807, 2.05) is 24.3 Å². The van der Waals surface area contributed by atoms with E-state index in [-0.39, 0.29) is 0 Å². The molecule has 2 rings (SSSR count). The van der Waals surface area contributed by atoms with Gasteiger partial charge in [-0.25, -0.2) is 0 Å². The molecule has 0 aliphatic rings. The van der Waals surface area contributed by atoms with E-state index in [1.54, 1.807) is 26.6 Å². The van der Waals surface area contributed by atoms with E-state index in [0.717, 1.165) is 30.2 Å². The number of methoxy groups -OCH3 is 2. The first kappa shape index (κ1) is 15.1. The quantitative estimate of drug-likeness (QED) is 0.840. The lowest BCUT2D eigenvalue weighted by Crippen LogP contribution is -2.22. The Kier molecular flexibility index (Phi) is 5.34. The Balaban J connectivity index is 2.31. The van der Waals surface area contributed by atoms with Crippen LogP contribution >= 0.6 is 0 Å². The minimum absolute atomic E-state index is 0.485. The second-order valence-electron chi connectivity index (χ2n) is 4.41. The fraction of sp³-hybridized carbons (Fsp3) is 0.333. The number of benzene rings is 1. The molecule has 0 saturated heterocycles. The van der Waals surface area contributed by atoms with Crippen LogP contribution in [0.4, 0.5) is 11.5 Å². The fourth-order valence-corrected chi connectivity index (χ4v) is 1.95. The van der Waals surface area contributed by atoms with Crippen LogP contribution in [0.5, 0.6) is 11.6 Å². The van der Waals surface area contributed by atoms with Crippen LogP contribution < -0.4 is 20.1 Å². The Morgan fingerprint density at radius 1 is 1.10 bits per heavy atom. The molecule has 6 heteroatoms. The van der Waals surface area contributed by atoms with Crippen molar-refractivity contribution in [1.29, 1.82) is 0 Å². The van der Waals surface area contributed by atoms with Crippen LogP contribution in [0.2, 0.25) is 0 Å². The van der Waals surface area contributed by atoms with E-state index in [0.29, 0.717) is 12.4 Å². The molecule has 21 heavy (non-hydrogen) atoms. The van der Waals surface area contributed by atoms with Gasteiger partial charge in [-0.3, -0.25) is 4.98 Å². The molecule has 0 aliphatic carbocycles. The first-order chi connectivity index (χ1) is 10.3. The van der Waals surface area contributed by atoms with Gasteiger partial charge in [-0.15, -0.1) is 0 Å². The Labute approximate surface area is 124 Å². The number of hydrogen-bond donors (Lipinski definition) is 1. The summed E-state index contributed by atoms with van der Waals surface area (Å²) in [6.45, 7) is 1.37. The summed E-state index contributed by atoms with van der Waals surface area (Å²) >= 11 is 0. The van der Waals surface area contributed by atoms with Crippen LogP contribution in [0.1, 0.15) is 6.42 Å². The van der Waals surface area contributed by atoms with Crippen molar-refractivity contribution >= 4 is 11.5 Å². The zero-order chi connectivity index (χ0) is 15.1. The Bertz CT molecular complexity index is 560. The predicted octanol–water partition coefficient (Wildman–Crippen LogP) is 1.98. The lowest BCUT2D eigenvalue weighted by Gasteiger charge is -2.23.